The zero-order valence-electron chi connectivity index (χ0n) is 12.2. The van der Waals surface area contributed by atoms with E-state index in [1.807, 2.05) is 12.1 Å². The number of nitro benzene ring substituents is 1. The van der Waals surface area contributed by atoms with Crippen LogP contribution in [0.1, 0.15) is 44.6 Å². The van der Waals surface area contributed by atoms with Gasteiger partial charge in [0.25, 0.3) is 5.69 Å². The molecule has 1 aromatic carbocycles. The van der Waals surface area contributed by atoms with Crippen LogP contribution in [-0.2, 0) is 6.42 Å². The molecule has 0 spiro atoms. The van der Waals surface area contributed by atoms with Crippen LogP contribution in [0.2, 0.25) is 0 Å². The Morgan fingerprint density at radius 2 is 2.05 bits per heavy atom. The summed E-state index contributed by atoms with van der Waals surface area (Å²) in [5, 5.41) is 14.6. The number of hydrogen-bond acceptors (Lipinski definition) is 3. The first-order valence-corrected chi connectivity index (χ1v) is 7.66. The van der Waals surface area contributed by atoms with E-state index in [0.29, 0.717) is 6.04 Å². The number of hydrogen-bond donors (Lipinski definition) is 1. The van der Waals surface area contributed by atoms with Gasteiger partial charge >= 0.3 is 0 Å². The molecule has 20 heavy (non-hydrogen) atoms. The molecule has 0 heterocycles. The highest BCUT2D eigenvalue weighted by Crippen LogP contribution is 2.30. The third-order valence-corrected chi connectivity index (χ3v) is 4.24. The number of rotatable bonds is 7. The molecule has 1 atom stereocenters. The van der Waals surface area contributed by atoms with Crippen LogP contribution in [0.3, 0.4) is 0 Å². The summed E-state index contributed by atoms with van der Waals surface area (Å²) in [5.74, 6) is 0.793. The summed E-state index contributed by atoms with van der Waals surface area (Å²) >= 11 is 0. The maximum atomic E-state index is 11.1. The van der Waals surface area contributed by atoms with Gasteiger partial charge in [-0.3, -0.25) is 10.1 Å². The van der Waals surface area contributed by atoms with Crippen molar-refractivity contribution in [3.63, 3.8) is 0 Å². The van der Waals surface area contributed by atoms with Crippen molar-refractivity contribution in [1.82, 2.24) is 5.32 Å². The van der Waals surface area contributed by atoms with Gasteiger partial charge in [-0.25, -0.2) is 0 Å². The van der Waals surface area contributed by atoms with Crippen molar-refractivity contribution in [1.29, 1.82) is 0 Å². The number of para-hydroxylation sites is 1. The van der Waals surface area contributed by atoms with E-state index in [9.17, 15) is 10.1 Å². The van der Waals surface area contributed by atoms with Crippen molar-refractivity contribution >= 4 is 5.69 Å². The van der Waals surface area contributed by atoms with E-state index in [4.69, 9.17) is 0 Å². The average molecular weight is 276 g/mol. The van der Waals surface area contributed by atoms with Crippen LogP contribution in [0, 0.1) is 16.0 Å². The van der Waals surface area contributed by atoms with Crippen LogP contribution in [0.25, 0.3) is 0 Å². The molecule has 1 saturated carbocycles. The molecule has 4 nitrogen and oxygen atoms in total. The summed E-state index contributed by atoms with van der Waals surface area (Å²) in [6, 6.07) is 7.47. The van der Waals surface area contributed by atoms with E-state index in [1.165, 1.54) is 25.7 Å². The third kappa shape index (κ3) is 4.04. The lowest BCUT2D eigenvalue weighted by Crippen LogP contribution is -2.32. The van der Waals surface area contributed by atoms with E-state index >= 15 is 0 Å². The van der Waals surface area contributed by atoms with Gasteiger partial charge in [0.15, 0.2) is 0 Å². The van der Waals surface area contributed by atoms with Crippen molar-refractivity contribution in [2.75, 3.05) is 6.54 Å². The largest absolute Gasteiger partial charge is 0.314 e. The predicted molar refractivity (Wildman–Crippen MR) is 80.8 cm³/mol. The van der Waals surface area contributed by atoms with E-state index in [0.717, 1.165) is 30.9 Å². The molecular weight excluding hydrogens is 252 g/mol. The number of likely N-dealkylation sites (N-methyl/N-ethyl adjacent to an activating group) is 1. The second kappa shape index (κ2) is 7.39. The summed E-state index contributed by atoms with van der Waals surface area (Å²) in [7, 11) is 0. The first-order valence-electron chi connectivity index (χ1n) is 7.66. The lowest BCUT2D eigenvalue weighted by Gasteiger charge is -2.21. The Kier molecular flexibility index (Phi) is 5.53. The summed E-state index contributed by atoms with van der Waals surface area (Å²) in [6.45, 7) is 3.01. The highest BCUT2D eigenvalue weighted by molar-refractivity contribution is 5.40. The lowest BCUT2D eigenvalue weighted by atomic mass is 9.93. The third-order valence-electron chi connectivity index (χ3n) is 4.24. The van der Waals surface area contributed by atoms with E-state index < -0.39 is 0 Å². The van der Waals surface area contributed by atoms with E-state index in [1.54, 1.807) is 12.1 Å². The van der Waals surface area contributed by atoms with Crippen molar-refractivity contribution in [2.45, 2.75) is 51.5 Å². The van der Waals surface area contributed by atoms with E-state index in [2.05, 4.69) is 12.2 Å². The van der Waals surface area contributed by atoms with Crippen molar-refractivity contribution < 1.29 is 4.92 Å². The van der Waals surface area contributed by atoms with Crippen molar-refractivity contribution in [2.24, 2.45) is 5.92 Å². The SMILES string of the molecule is CCNC(Cc1ccccc1[N+](=O)[O-])CC1CCCC1. The molecule has 1 aromatic rings. The summed E-state index contributed by atoms with van der Waals surface area (Å²) in [5.41, 5.74) is 1.10. The van der Waals surface area contributed by atoms with Gasteiger partial charge in [-0.15, -0.1) is 0 Å². The Labute approximate surface area is 120 Å². The molecule has 110 valence electrons. The van der Waals surface area contributed by atoms with Gasteiger partial charge in [-0.05, 0) is 25.3 Å². The molecule has 0 saturated heterocycles. The van der Waals surface area contributed by atoms with Gasteiger partial charge in [-0.1, -0.05) is 50.8 Å². The molecule has 0 bridgehead atoms. The Morgan fingerprint density at radius 3 is 2.70 bits per heavy atom. The molecule has 1 N–H and O–H groups in total. The highest BCUT2D eigenvalue weighted by atomic mass is 16.6. The molecule has 4 heteroatoms. The minimum atomic E-state index is -0.270. The molecule has 0 radical (unpaired) electrons. The second-order valence-corrected chi connectivity index (χ2v) is 5.73. The predicted octanol–water partition coefficient (Wildman–Crippen LogP) is 3.70. The number of nitrogens with zero attached hydrogens (tertiary/aromatic N) is 1. The zero-order valence-corrected chi connectivity index (χ0v) is 12.2. The topological polar surface area (TPSA) is 55.2 Å². The molecule has 2 rings (SSSR count). The molecule has 0 aliphatic heterocycles. The van der Waals surface area contributed by atoms with Crippen LogP contribution in [0.4, 0.5) is 5.69 Å². The van der Waals surface area contributed by atoms with Crippen LogP contribution < -0.4 is 5.32 Å². The molecule has 1 unspecified atom stereocenters. The number of nitro groups is 1. The Morgan fingerprint density at radius 1 is 1.35 bits per heavy atom. The zero-order chi connectivity index (χ0) is 14.4. The first kappa shape index (κ1) is 15.0. The Balaban J connectivity index is 2.05. The standard InChI is InChI=1S/C16H24N2O2/c1-2-17-15(11-13-7-3-4-8-13)12-14-9-5-6-10-16(14)18(19)20/h5-6,9-10,13,15,17H,2-4,7-8,11-12H2,1H3. The summed E-state index contributed by atoms with van der Waals surface area (Å²) < 4.78 is 0. The van der Waals surface area contributed by atoms with Crippen LogP contribution in [-0.4, -0.2) is 17.5 Å². The fourth-order valence-electron chi connectivity index (χ4n) is 3.30. The fraction of sp³-hybridized carbons (Fsp3) is 0.625. The monoisotopic (exact) mass is 276 g/mol. The van der Waals surface area contributed by atoms with Crippen LogP contribution >= 0.6 is 0 Å². The first-order chi connectivity index (χ1) is 9.70. The minimum absolute atomic E-state index is 0.252. The Bertz CT molecular complexity index is 442. The minimum Gasteiger partial charge on any atom is -0.314 e. The Hall–Kier alpha value is -1.42. The maximum Gasteiger partial charge on any atom is 0.272 e. The van der Waals surface area contributed by atoms with Crippen molar-refractivity contribution in [3.8, 4) is 0 Å². The molecule has 0 aromatic heterocycles. The van der Waals surface area contributed by atoms with Crippen LogP contribution in [0.5, 0.6) is 0 Å². The average Bonchev–Trinajstić information content (AvgIpc) is 2.92. The molecule has 1 aliphatic carbocycles. The van der Waals surface area contributed by atoms with Gasteiger partial charge in [-0.2, -0.15) is 0 Å². The molecular formula is C16H24N2O2. The van der Waals surface area contributed by atoms with Gasteiger partial charge in [0.05, 0.1) is 4.92 Å². The molecule has 1 fully saturated rings. The highest BCUT2D eigenvalue weighted by Gasteiger charge is 2.22. The maximum absolute atomic E-state index is 11.1. The quantitative estimate of drug-likeness (QED) is 0.610. The van der Waals surface area contributed by atoms with Gasteiger partial charge < -0.3 is 5.32 Å². The number of benzene rings is 1. The fourth-order valence-corrected chi connectivity index (χ4v) is 3.30. The normalized spacial score (nSPS) is 17.2. The molecule has 1 aliphatic rings. The summed E-state index contributed by atoms with van der Waals surface area (Å²) in [6.07, 6.45) is 7.21. The molecule has 0 amide bonds. The van der Waals surface area contributed by atoms with E-state index in [-0.39, 0.29) is 10.6 Å². The van der Waals surface area contributed by atoms with Crippen LogP contribution in [0.15, 0.2) is 24.3 Å². The van der Waals surface area contributed by atoms with Gasteiger partial charge in [0.2, 0.25) is 0 Å². The smallest absolute Gasteiger partial charge is 0.272 e. The van der Waals surface area contributed by atoms with Gasteiger partial charge in [0, 0.05) is 17.7 Å². The second-order valence-electron chi connectivity index (χ2n) is 5.73. The summed E-state index contributed by atoms with van der Waals surface area (Å²) in [4.78, 5) is 10.8. The lowest BCUT2D eigenvalue weighted by molar-refractivity contribution is -0.385. The van der Waals surface area contributed by atoms with Gasteiger partial charge in [0.1, 0.15) is 0 Å². The number of nitrogens with one attached hydrogen (secondary N) is 1. The van der Waals surface area contributed by atoms with Crippen molar-refractivity contribution in [3.05, 3.63) is 39.9 Å².